The molecule has 2 N–H and O–H groups in total. The summed E-state index contributed by atoms with van der Waals surface area (Å²) in [6.45, 7) is 4.88. The number of esters is 2. The first-order valence-corrected chi connectivity index (χ1v) is 11.4. The van der Waals surface area contributed by atoms with Crippen molar-refractivity contribution in [3.05, 3.63) is 29.8 Å². The Hall–Kier alpha value is -2.12. The van der Waals surface area contributed by atoms with Gasteiger partial charge in [-0.15, -0.1) is 0 Å². The van der Waals surface area contributed by atoms with Crippen molar-refractivity contribution in [1.82, 2.24) is 5.32 Å². The topological polar surface area (TPSA) is 88.1 Å². The normalized spacial score (nSPS) is 12.8. The molecule has 2 atom stereocenters. The first kappa shape index (κ1) is 26.9. The van der Waals surface area contributed by atoms with Gasteiger partial charge in [0.15, 0.2) is 0 Å². The van der Waals surface area contributed by atoms with E-state index in [1.54, 1.807) is 13.8 Å². The number of nitrogens with zero attached hydrogens (tertiary/aromatic N) is 1. The predicted molar refractivity (Wildman–Crippen MR) is 123 cm³/mol. The van der Waals surface area contributed by atoms with Crippen LogP contribution in [0.1, 0.15) is 70.5 Å². The average Bonchev–Trinajstić information content (AvgIpc) is 2.75. The highest BCUT2D eigenvalue weighted by Crippen LogP contribution is 2.20. The molecule has 1 rings (SSSR count). The molecule has 7 heteroatoms. The fraction of sp³-hybridized carbons (Fsp3) is 0.667. The van der Waals surface area contributed by atoms with Crippen LogP contribution in [0.15, 0.2) is 24.3 Å². The SMILES string of the molecule is CCOC(=O)CCCCCCC(NCCC(O)c1ccc(N(C)C)cc1)C(=O)OCC. The van der Waals surface area contributed by atoms with Crippen LogP contribution in [-0.2, 0) is 19.1 Å². The largest absolute Gasteiger partial charge is 0.466 e. The second-order valence-corrected chi connectivity index (χ2v) is 7.81. The van der Waals surface area contributed by atoms with E-state index in [4.69, 9.17) is 9.47 Å². The lowest BCUT2D eigenvalue weighted by Crippen LogP contribution is -2.39. The van der Waals surface area contributed by atoms with Crippen molar-refractivity contribution in [2.45, 2.75) is 70.9 Å². The first-order chi connectivity index (χ1) is 14.9. The van der Waals surface area contributed by atoms with Crippen molar-refractivity contribution < 1.29 is 24.2 Å². The number of aliphatic hydroxyl groups is 1. The van der Waals surface area contributed by atoms with E-state index in [-0.39, 0.29) is 18.0 Å². The molecule has 0 aromatic heterocycles. The third-order valence-corrected chi connectivity index (χ3v) is 5.10. The number of aliphatic hydroxyl groups excluding tert-OH is 1. The zero-order valence-electron chi connectivity index (χ0n) is 19.6. The van der Waals surface area contributed by atoms with E-state index in [0.29, 0.717) is 39.0 Å². The predicted octanol–water partition coefficient (Wildman–Crippen LogP) is 3.60. The Bertz CT molecular complexity index is 633. The number of unbranched alkanes of at least 4 members (excludes halogenated alkanes) is 3. The van der Waals surface area contributed by atoms with E-state index < -0.39 is 6.10 Å². The summed E-state index contributed by atoms with van der Waals surface area (Å²) >= 11 is 0. The quantitative estimate of drug-likeness (QED) is 0.302. The lowest BCUT2D eigenvalue weighted by molar-refractivity contribution is -0.146. The van der Waals surface area contributed by atoms with Crippen LogP contribution in [0.25, 0.3) is 0 Å². The van der Waals surface area contributed by atoms with Crippen molar-refractivity contribution in [3.8, 4) is 0 Å². The van der Waals surface area contributed by atoms with Crippen LogP contribution in [0.2, 0.25) is 0 Å². The number of carbonyl (C=O) groups is 2. The Morgan fingerprint density at radius 1 is 0.968 bits per heavy atom. The molecule has 176 valence electrons. The maximum atomic E-state index is 12.3. The first-order valence-electron chi connectivity index (χ1n) is 11.4. The van der Waals surface area contributed by atoms with Crippen molar-refractivity contribution in [1.29, 1.82) is 0 Å². The van der Waals surface area contributed by atoms with Crippen LogP contribution < -0.4 is 10.2 Å². The Kier molecular flexibility index (Phi) is 13.6. The second-order valence-electron chi connectivity index (χ2n) is 7.81. The summed E-state index contributed by atoms with van der Waals surface area (Å²) < 4.78 is 10.1. The molecule has 7 nitrogen and oxygen atoms in total. The highest BCUT2D eigenvalue weighted by molar-refractivity contribution is 5.75. The number of hydrogen-bond donors (Lipinski definition) is 2. The third kappa shape index (κ3) is 11.2. The number of nitrogens with one attached hydrogen (secondary N) is 1. The van der Waals surface area contributed by atoms with E-state index >= 15 is 0 Å². The van der Waals surface area contributed by atoms with Crippen LogP contribution in [0.3, 0.4) is 0 Å². The van der Waals surface area contributed by atoms with Gasteiger partial charge in [-0.1, -0.05) is 31.4 Å². The minimum atomic E-state index is -0.588. The van der Waals surface area contributed by atoms with Crippen molar-refractivity contribution in [2.24, 2.45) is 0 Å². The van der Waals surface area contributed by atoms with Gasteiger partial charge in [0.2, 0.25) is 0 Å². The Labute approximate surface area is 187 Å². The zero-order valence-corrected chi connectivity index (χ0v) is 19.6. The molecule has 0 heterocycles. The van der Waals surface area contributed by atoms with Gasteiger partial charge in [-0.2, -0.15) is 0 Å². The molecule has 0 saturated carbocycles. The highest BCUT2D eigenvalue weighted by Gasteiger charge is 2.19. The summed E-state index contributed by atoms with van der Waals surface area (Å²) in [5.41, 5.74) is 1.94. The van der Waals surface area contributed by atoms with E-state index in [1.165, 1.54) is 0 Å². The summed E-state index contributed by atoms with van der Waals surface area (Å²) in [6, 6.07) is 7.44. The third-order valence-electron chi connectivity index (χ3n) is 5.10. The van der Waals surface area contributed by atoms with Gasteiger partial charge in [0.25, 0.3) is 0 Å². The molecule has 31 heavy (non-hydrogen) atoms. The van der Waals surface area contributed by atoms with Crippen LogP contribution in [0.4, 0.5) is 5.69 Å². The fourth-order valence-electron chi connectivity index (χ4n) is 3.31. The van der Waals surface area contributed by atoms with Crippen LogP contribution in [-0.4, -0.2) is 56.9 Å². The van der Waals surface area contributed by atoms with Crippen LogP contribution in [0, 0.1) is 0 Å². The minimum absolute atomic E-state index is 0.150. The summed E-state index contributed by atoms with van der Waals surface area (Å²) in [6.07, 6.45) is 4.58. The zero-order chi connectivity index (χ0) is 23.1. The monoisotopic (exact) mass is 436 g/mol. The molecule has 2 unspecified atom stereocenters. The van der Waals surface area contributed by atoms with E-state index in [0.717, 1.165) is 36.9 Å². The summed E-state index contributed by atoms with van der Waals surface area (Å²) in [5.74, 6) is -0.401. The number of rotatable bonds is 16. The van der Waals surface area contributed by atoms with Gasteiger partial charge in [-0.05, 0) is 57.4 Å². The molecule has 0 aliphatic rings. The molecule has 0 radical (unpaired) electrons. The summed E-state index contributed by atoms with van der Waals surface area (Å²) in [7, 11) is 3.95. The van der Waals surface area contributed by atoms with Gasteiger partial charge in [-0.3, -0.25) is 9.59 Å². The molecule has 0 bridgehead atoms. The Morgan fingerprint density at radius 2 is 1.61 bits per heavy atom. The molecule has 0 aliphatic carbocycles. The average molecular weight is 437 g/mol. The Morgan fingerprint density at radius 3 is 2.23 bits per heavy atom. The maximum absolute atomic E-state index is 12.3. The second kappa shape index (κ2) is 15.6. The highest BCUT2D eigenvalue weighted by atomic mass is 16.5. The Balaban J connectivity index is 2.38. The lowest BCUT2D eigenvalue weighted by Gasteiger charge is -2.19. The van der Waals surface area contributed by atoms with Gasteiger partial charge >= 0.3 is 11.9 Å². The smallest absolute Gasteiger partial charge is 0.323 e. The lowest BCUT2D eigenvalue weighted by atomic mass is 10.0. The van der Waals surface area contributed by atoms with Gasteiger partial charge in [-0.25, -0.2) is 0 Å². The molecular formula is C24H40N2O5. The van der Waals surface area contributed by atoms with E-state index in [9.17, 15) is 14.7 Å². The molecule has 0 fully saturated rings. The van der Waals surface area contributed by atoms with Gasteiger partial charge in [0, 0.05) is 26.2 Å². The molecular weight excluding hydrogens is 396 g/mol. The van der Waals surface area contributed by atoms with Crippen molar-refractivity contribution in [3.63, 3.8) is 0 Å². The van der Waals surface area contributed by atoms with E-state index in [1.807, 2.05) is 43.3 Å². The van der Waals surface area contributed by atoms with E-state index in [2.05, 4.69) is 5.32 Å². The van der Waals surface area contributed by atoms with Crippen molar-refractivity contribution in [2.75, 3.05) is 38.8 Å². The number of anilines is 1. The molecule has 0 amide bonds. The summed E-state index contributed by atoms with van der Waals surface area (Å²) in [5, 5.41) is 13.7. The maximum Gasteiger partial charge on any atom is 0.323 e. The molecule has 1 aromatic carbocycles. The van der Waals surface area contributed by atoms with Gasteiger partial charge in [0.1, 0.15) is 6.04 Å². The molecule has 0 aliphatic heterocycles. The molecule has 1 aromatic rings. The van der Waals surface area contributed by atoms with Gasteiger partial charge in [0.05, 0.1) is 19.3 Å². The van der Waals surface area contributed by atoms with Gasteiger partial charge < -0.3 is 24.8 Å². The summed E-state index contributed by atoms with van der Waals surface area (Å²) in [4.78, 5) is 25.6. The fourth-order valence-corrected chi connectivity index (χ4v) is 3.31. The van der Waals surface area contributed by atoms with Crippen LogP contribution in [0.5, 0.6) is 0 Å². The number of hydrogen-bond acceptors (Lipinski definition) is 7. The standard InChI is InChI=1S/C24H40N2O5/c1-5-30-23(28)12-10-8-7-9-11-21(24(29)31-6-2)25-18-17-22(27)19-13-15-20(16-14-19)26(3)4/h13-16,21-22,25,27H,5-12,17-18H2,1-4H3. The number of carbonyl (C=O) groups excluding carboxylic acids is 2. The minimum Gasteiger partial charge on any atom is -0.466 e. The van der Waals surface area contributed by atoms with Crippen molar-refractivity contribution >= 4 is 17.6 Å². The van der Waals surface area contributed by atoms with Crippen LogP contribution >= 0.6 is 0 Å². The molecule has 0 spiro atoms. The number of benzene rings is 1. The number of ether oxygens (including phenoxy) is 2. The molecule has 0 saturated heterocycles.